The van der Waals surface area contributed by atoms with E-state index in [0.29, 0.717) is 19.5 Å². The molecule has 0 atom stereocenters. The Morgan fingerprint density at radius 3 is 2.73 bits per heavy atom. The van der Waals surface area contributed by atoms with Gasteiger partial charge < -0.3 is 15.5 Å². The molecule has 0 saturated carbocycles. The molecule has 0 spiro atoms. The van der Waals surface area contributed by atoms with E-state index in [1.54, 1.807) is 0 Å². The monoisotopic (exact) mass is 302 g/mol. The number of rotatable bonds is 4. The third kappa shape index (κ3) is 4.23. The van der Waals surface area contributed by atoms with Crippen LogP contribution in [0.4, 0.5) is 5.69 Å². The zero-order valence-electron chi connectivity index (χ0n) is 13.9. The number of benzene rings is 1. The van der Waals surface area contributed by atoms with Crippen LogP contribution in [0.25, 0.3) is 0 Å². The molecule has 0 unspecified atom stereocenters. The standard InChI is InChI=1S/C17H26N4O/c1-5-18-16(20-17(2,3)4)19-10-11-21-14-9-7-6-8-13(14)12-15(21)22/h6-9H,5,10-12H2,1-4H3,(H2,18,19,20). The molecule has 0 saturated heterocycles. The Morgan fingerprint density at radius 1 is 1.32 bits per heavy atom. The molecule has 5 heteroatoms. The van der Waals surface area contributed by atoms with Crippen molar-refractivity contribution in [1.82, 2.24) is 10.6 Å². The molecule has 1 aliphatic rings. The Hall–Kier alpha value is -2.04. The molecule has 2 rings (SSSR count). The maximum atomic E-state index is 12.1. The normalized spacial score (nSPS) is 15.0. The van der Waals surface area contributed by atoms with E-state index in [1.807, 2.05) is 36.1 Å². The van der Waals surface area contributed by atoms with Crippen molar-refractivity contribution in [3.05, 3.63) is 29.8 Å². The maximum Gasteiger partial charge on any atom is 0.231 e. The molecule has 1 amide bonds. The number of aliphatic imine (C=N–C) groups is 1. The van der Waals surface area contributed by atoms with Crippen molar-refractivity contribution >= 4 is 17.6 Å². The maximum absolute atomic E-state index is 12.1. The molecular weight excluding hydrogens is 276 g/mol. The van der Waals surface area contributed by atoms with Crippen LogP contribution in [0.3, 0.4) is 0 Å². The van der Waals surface area contributed by atoms with Crippen LogP contribution < -0.4 is 15.5 Å². The third-order valence-electron chi connectivity index (χ3n) is 3.36. The van der Waals surface area contributed by atoms with E-state index in [0.717, 1.165) is 23.8 Å². The number of fused-ring (bicyclic) bond motifs is 1. The predicted molar refractivity (Wildman–Crippen MR) is 91.4 cm³/mol. The second kappa shape index (κ2) is 6.81. The quantitative estimate of drug-likeness (QED) is 0.660. The van der Waals surface area contributed by atoms with Crippen LogP contribution in [0.1, 0.15) is 33.3 Å². The van der Waals surface area contributed by atoms with E-state index in [2.05, 4.69) is 36.4 Å². The van der Waals surface area contributed by atoms with Crippen molar-refractivity contribution in [3.8, 4) is 0 Å². The number of carbonyl (C=O) groups excluding carboxylic acids is 1. The summed E-state index contributed by atoms with van der Waals surface area (Å²) < 4.78 is 0. The molecule has 1 heterocycles. The molecule has 22 heavy (non-hydrogen) atoms. The minimum Gasteiger partial charge on any atom is -0.357 e. The number of guanidine groups is 1. The number of anilines is 1. The van der Waals surface area contributed by atoms with Gasteiger partial charge in [-0.3, -0.25) is 9.79 Å². The first-order chi connectivity index (χ1) is 10.4. The van der Waals surface area contributed by atoms with Crippen LogP contribution in [0, 0.1) is 0 Å². The Kier molecular flexibility index (Phi) is 5.06. The van der Waals surface area contributed by atoms with Crippen molar-refractivity contribution in [2.45, 2.75) is 39.7 Å². The zero-order chi connectivity index (χ0) is 16.2. The molecular formula is C17H26N4O. The van der Waals surface area contributed by atoms with Crippen molar-refractivity contribution < 1.29 is 4.79 Å². The number of carbonyl (C=O) groups is 1. The number of hydrogen-bond acceptors (Lipinski definition) is 2. The summed E-state index contributed by atoms with van der Waals surface area (Å²) in [6.07, 6.45) is 0.500. The lowest BCUT2D eigenvalue weighted by Crippen LogP contribution is -2.47. The van der Waals surface area contributed by atoms with Crippen LogP contribution in [0.2, 0.25) is 0 Å². The van der Waals surface area contributed by atoms with E-state index in [4.69, 9.17) is 0 Å². The topological polar surface area (TPSA) is 56.7 Å². The van der Waals surface area contributed by atoms with Gasteiger partial charge >= 0.3 is 0 Å². The summed E-state index contributed by atoms with van der Waals surface area (Å²) >= 11 is 0. The Bertz CT molecular complexity index is 560. The summed E-state index contributed by atoms with van der Waals surface area (Å²) in [5, 5.41) is 6.58. The van der Waals surface area contributed by atoms with Crippen LogP contribution in [0.5, 0.6) is 0 Å². The second-order valence-electron chi connectivity index (χ2n) is 6.49. The van der Waals surface area contributed by atoms with E-state index < -0.39 is 0 Å². The average molecular weight is 302 g/mol. The summed E-state index contributed by atoms with van der Waals surface area (Å²) in [6.45, 7) is 10.3. The first kappa shape index (κ1) is 16.3. The average Bonchev–Trinajstić information content (AvgIpc) is 2.74. The van der Waals surface area contributed by atoms with E-state index in [-0.39, 0.29) is 11.4 Å². The number of para-hydroxylation sites is 1. The van der Waals surface area contributed by atoms with Crippen LogP contribution in [0.15, 0.2) is 29.3 Å². The summed E-state index contributed by atoms with van der Waals surface area (Å²) in [7, 11) is 0. The number of hydrogen-bond donors (Lipinski definition) is 2. The minimum atomic E-state index is -0.0446. The van der Waals surface area contributed by atoms with Crippen molar-refractivity contribution in [2.24, 2.45) is 4.99 Å². The fourth-order valence-electron chi connectivity index (χ4n) is 2.49. The number of nitrogens with one attached hydrogen (secondary N) is 2. The Labute approximate surface area is 132 Å². The van der Waals surface area contributed by atoms with Crippen molar-refractivity contribution in [1.29, 1.82) is 0 Å². The molecule has 5 nitrogen and oxygen atoms in total. The summed E-state index contributed by atoms with van der Waals surface area (Å²) in [6, 6.07) is 7.97. The van der Waals surface area contributed by atoms with Gasteiger partial charge in [-0.15, -0.1) is 0 Å². The fraction of sp³-hybridized carbons (Fsp3) is 0.529. The highest BCUT2D eigenvalue weighted by atomic mass is 16.2. The number of amides is 1. The van der Waals surface area contributed by atoms with Gasteiger partial charge in [0.25, 0.3) is 0 Å². The zero-order valence-corrected chi connectivity index (χ0v) is 13.9. The highest BCUT2D eigenvalue weighted by molar-refractivity contribution is 6.01. The summed E-state index contributed by atoms with van der Waals surface area (Å²) in [5.74, 6) is 0.945. The lowest BCUT2D eigenvalue weighted by molar-refractivity contribution is -0.117. The Balaban J connectivity index is 1.99. The molecule has 0 aromatic heterocycles. The lowest BCUT2D eigenvalue weighted by atomic mass is 10.1. The Morgan fingerprint density at radius 2 is 2.05 bits per heavy atom. The molecule has 0 radical (unpaired) electrons. The molecule has 1 aromatic carbocycles. The van der Waals surface area contributed by atoms with Gasteiger partial charge in [-0.25, -0.2) is 0 Å². The molecule has 1 aliphatic heterocycles. The van der Waals surface area contributed by atoms with Gasteiger partial charge in [-0.2, -0.15) is 0 Å². The van der Waals surface area contributed by atoms with Gasteiger partial charge in [0.2, 0.25) is 5.91 Å². The van der Waals surface area contributed by atoms with E-state index in [9.17, 15) is 4.79 Å². The molecule has 0 aliphatic carbocycles. The van der Waals surface area contributed by atoms with Crippen LogP contribution in [-0.4, -0.2) is 37.0 Å². The third-order valence-corrected chi connectivity index (χ3v) is 3.36. The SMILES string of the molecule is CCNC(=NCCN1C(=O)Cc2ccccc21)NC(C)(C)C. The molecule has 0 fully saturated rings. The van der Waals surface area contributed by atoms with Gasteiger partial charge in [0.1, 0.15) is 0 Å². The first-order valence-corrected chi connectivity index (χ1v) is 7.85. The molecule has 1 aromatic rings. The second-order valence-corrected chi connectivity index (χ2v) is 6.49. The van der Waals surface area contributed by atoms with Crippen molar-refractivity contribution in [3.63, 3.8) is 0 Å². The van der Waals surface area contributed by atoms with Gasteiger partial charge in [0.15, 0.2) is 5.96 Å². The minimum absolute atomic E-state index is 0.0446. The molecule has 120 valence electrons. The van der Waals surface area contributed by atoms with Crippen molar-refractivity contribution in [2.75, 3.05) is 24.5 Å². The van der Waals surface area contributed by atoms with Gasteiger partial charge in [-0.1, -0.05) is 18.2 Å². The molecule has 0 bridgehead atoms. The van der Waals surface area contributed by atoms with Crippen LogP contribution >= 0.6 is 0 Å². The highest BCUT2D eigenvalue weighted by Gasteiger charge is 2.26. The fourth-order valence-corrected chi connectivity index (χ4v) is 2.49. The first-order valence-electron chi connectivity index (χ1n) is 7.85. The van der Waals surface area contributed by atoms with Gasteiger partial charge in [0, 0.05) is 24.3 Å². The van der Waals surface area contributed by atoms with E-state index in [1.165, 1.54) is 0 Å². The van der Waals surface area contributed by atoms with Crippen LogP contribution in [-0.2, 0) is 11.2 Å². The van der Waals surface area contributed by atoms with Gasteiger partial charge in [-0.05, 0) is 39.3 Å². The summed E-state index contributed by atoms with van der Waals surface area (Å²) in [4.78, 5) is 18.5. The highest BCUT2D eigenvalue weighted by Crippen LogP contribution is 2.27. The number of nitrogens with zero attached hydrogens (tertiary/aromatic N) is 2. The smallest absolute Gasteiger partial charge is 0.231 e. The molecule has 2 N–H and O–H groups in total. The summed E-state index contributed by atoms with van der Waals surface area (Å²) in [5.41, 5.74) is 2.09. The lowest BCUT2D eigenvalue weighted by Gasteiger charge is -2.24. The van der Waals surface area contributed by atoms with E-state index >= 15 is 0 Å². The largest absolute Gasteiger partial charge is 0.357 e. The predicted octanol–water partition coefficient (Wildman–Crippen LogP) is 1.93. The van der Waals surface area contributed by atoms with Gasteiger partial charge in [0.05, 0.1) is 13.0 Å².